The maximum absolute atomic E-state index is 13.8. The molecule has 10 nitrogen and oxygen atoms in total. The van der Waals surface area contributed by atoms with Crippen LogP contribution in [-0.2, 0) is 30.8 Å². The van der Waals surface area contributed by atoms with E-state index in [4.69, 9.17) is 14.2 Å². The molecule has 3 aliphatic rings. The number of benzene rings is 2. The monoisotopic (exact) mass is 661 g/mol. The van der Waals surface area contributed by atoms with Crippen molar-refractivity contribution in [3.63, 3.8) is 0 Å². The molecular formula is C36H43N3O7S. The predicted molar refractivity (Wildman–Crippen MR) is 176 cm³/mol. The highest BCUT2D eigenvalue weighted by Gasteiger charge is 2.41. The number of nitrogens with zero attached hydrogens (tertiary/aromatic N) is 2. The van der Waals surface area contributed by atoms with Crippen LogP contribution < -0.4 is 14.8 Å². The van der Waals surface area contributed by atoms with E-state index in [1.165, 1.54) is 12.4 Å². The number of rotatable bonds is 15. The van der Waals surface area contributed by atoms with Gasteiger partial charge in [-0.25, -0.2) is 18.4 Å². The van der Waals surface area contributed by atoms with Crippen LogP contribution in [0.2, 0.25) is 0 Å². The van der Waals surface area contributed by atoms with Gasteiger partial charge in [0.1, 0.15) is 18.1 Å². The van der Waals surface area contributed by atoms with E-state index in [0.717, 1.165) is 41.7 Å². The molecule has 0 saturated heterocycles. The molecule has 3 fully saturated rings. The minimum absolute atomic E-state index is 0.0923. The number of Topliss-reactive ketones (excluding diaryl/α,β-unsaturated/α-hetero) is 1. The van der Waals surface area contributed by atoms with E-state index in [2.05, 4.69) is 15.3 Å². The number of ketones is 1. The molecule has 47 heavy (non-hydrogen) atoms. The minimum Gasteiger partial charge on any atom is -0.497 e. The third kappa shape index (κ3) is 8.37. The second-order valence-electron chi connectivity index (χ2n) is 13.7. The lowest BCUT2D eigenvalue weighted by molar-refractivity contribution is -0.119. The molecule has 2 aromatic carbocycles. The number of hydrogen-bond donors (Lipinski definition) is 1. The van der Waals surface area contributed by atoms with Gasteiger partial charge >= 0.3 is 0 Å². The van der Waals surface area contributed by atoms with Crippen molar-refractivity contribution < 1.29 is 32.2 Å². The van der Waals surface area contributed by atoms with E-state index in [0.29, 0.717) is 49.5 Å². The number of aromatic nitrogens is 2. The summed E-state index contributed by atoms with van der Waals surface area (Å²) < 4.78 is 43.5. The lowest BCUT2D eigenvalue weighted by atomic mass is 9.86. The third-order valence-corrected chi connectivity index (χ3v) is 11.5. The van der Waals surface area contributed by atoms with Gasteiger partial charge in [-0.15, -0.1) is 0 Å². The molecule has 2 atom stereocenters. The molecule has 0 radical (unpaired) electrons. The molecule has 1 heterocycles. The van der Waals surface area contributed by atoms with Crippen LogP contribution in [0.4, 0.5) is 5.82 Å². The summed E-state index contributed by atoms with van der Waals surface area (Å²) in [6.07, 6.45) is 8.45. The average Bonchev–Trinajstić information content (AvgIpc) is 4.00. The Hall–Kier alpha value is -3.83. The van der Waals surface area contributed by atoms with Crippen LogP contribution in [0.3, 0.4) is 0 Å². The highest BCUT2D eigenvalue weighted by atomic mass is 32.2. The first-order chi connectivity index (χ1) is 22.5. The number of hydrogen-bond acceptors (Lipinski definition) is 9. The molecule has 1 N–H and O–H groups in total. The Morgan fingerprint density at radius 1 is 1.02 bits per heavy atom. The quantitative estimate of drug-likeness (QED) is 0.203. The topological polar surface area (TPSA) is 134 Å². The minimum atomic E-state index is -3.37. The second kappa shape index (κ2) is 13.7. The number of anilines is 1. The maximum atomic E-state index is 13.8. The van der Waals surface area contributed by atoms with Gasteiger partial charge in [-0.05, 0) is 99.1 Å². The van der Waals surface area contributed by atoms with Crippen molar-refractivity contribution in [1.82, 2.24) is 9.97 Å². The number of sulfone groups is 1. The van der Waals surface area contributed by atoms with Gasteiger partial charge in [0.05, 0.1) is 47.8 Å². The first-order valence-corrected chi connectivity index (χ1v) is 18.0. The summed E-state index contributed by atoms with van der Waals surface area (Å²) in [6, 6.07) is 13.1. The van der Waals surface area contributed by atoms with Gasteiger partial charge in [-0.2, -0.15) is 0 Å². The van der Waals surface area contributed by atoms with E-state index < -0.39 is 21.4 Å². The van der Waals surface area contributed by atoms with Crippen molar-refractivity contribution in [2.75, 3.05) is 19.0 Å². The van der Waals surface area contributed by atoms with Crippen LogP contribution in [0.25, 0.3) is 0 Å². The van der Waals surface area contributed by atoms with Gasteiger partial charge < -0.3 is 19.5 Å². The van der Waals surface area contributed by atoms with Crippen LogP contribution in [0.1, 0.15) is 93.7 Å². The lowest BCUT2D eigenvalue weighted by Crippen LogP contribution is -2.32. The number of carbonyl (C=O) groups is 2. The first-order valence-electron chi connectivity index (χ1n) is 16.4. The standard InChI is InChI=1S/C36H43N3O7S/c1-36(2,46-21-23-5-11-28(44-3)12-6-23)22-45-34-20-37-33(19-38-34)39-35(41)31(17-24-4-10-27(40)16-24)26-9-15-32(30(18-26)25-7-8-25)47(42,43)29-13-14-29/h5-6,9,11-12,15,18-20,24-25,29,31H,4,7-8,10,13-14,16-17,21-22H2,1-3H3,(H,37,39,41)/t24-,31+/m0/s1. The summed E-state index contributed by atoms with van der Waals surface area (Å²) in [6.45, 7) is 4.51. The van der Waals surface area contributed by atoms with E-state index >= 15 is 0 Å². The smallest absolute Gasteiger partial charge is 0.233 e. The van der Waals surface area contributed by atoms with Crippen LogP contribution in [0.15, 0.2) is 59.8 Å². The van der Waals surface area contributed by atoms with Gasteiger partial charge in [-0.1, -0.05) is 24.3 Å². The summed E-state index contributed by atoms with van der Waals surface area (Å²) >= 11 is 0. The molecule has 6 rings (SSSR count). The Bertz CT molecular complexity index is 1700. The van der Waals surface area contributed by atoms with Crippen molar-refractivity contribution in [2.45, 2.75) is 99.4 Å². The SMILES string of the molecule is COc1ccc(COC(C)(C)COc2cnc(NC(=O)[C@H](C[C@H]3CCC(=O)C3)c3ccc(S(=O)(=O)C4CC4)c(C4CC4)c3)cn2)cc1. The Morgan fingerprint density at radius 2 is 1.79 bits per heavy atom. The third-order valence-electron chi connectivity index (χ3n) is 9.19. The zero-order valence-corrected chi connectivity index (χ0v) is 28.1. The van der Waals surface area contributed by atoms with Crippen molar-refractivity contribution >= 4 is 27.3 Å². The van der Waals surface area contributed by atoms with Gasteiger partial charge in [0.2, 0.25) is 11.8 Å². The normalized spacial score (nSPS) is 19.0. The highest BCUT2D eigenvalue weighted by Crippen LogP contribution is 2.47. The maximum Gasteiger partial charge on any atom is 0.233 e. The number of methoxy groups -OCH3 is 1. The van der Waals surface area contributed by atoms with E-state index in [9.17, 15) is 18.0 Å². The first kappa shape index (κ1) is 33.1. The van der Waals surface area contributed by atoms with Crippen LogP contribution in [0.5, 0.6) is 11.6 Å². The number of ether oxygens (including phenoxy) is 3. The molecule has 250 valence electrons. The van der Waals surface area contributed by atoms with Crippen molar-refractivity contribution in [1.29, 1.82) is 0 Å². The fourth-order valence-electron chi connectivity index (χ4n) is 6.09. The fraction of sp³-hybridized carbons (Fsp3) is 0.500. The van der Waals surface area contributed by atoms with Crippen LogP contribution in [-0.4, -0.2) is 54.6 Å². The summed E-state index contributed by atoms with van der Waals surface area (Å²) in [5.74, 6) is 1.04. The molecule has 1 amide bonds. The van der Waals surface area contributed by atoms with Crippen molar-refractivity contribution in [3.8, 4) is 11.6 Å². The summed E-state index contributed by atoms with van der Waals surface area (Å²) in [7, 11) is -1.74. The Balaban J connectivity index is 1.11. The average molecular weight is 662 g/mol. The van der Waals surface area contributed by atoms with Crippen LogP contribution in [0, 0.1) is 5.92 Å². The number of nitrogens with one attached hydrogen (secondary N) is 1. The van der Waals surface area contributed by atoms with Gasteiger partial charge in [0.15, 0.2) is 15.7 Å². The van der Waals surface area contributed by atoms with Crippen molar-refractivity contribution in [2.24, 2.45) is 5.92 Å². The molecule has 0 unspecified atom stereocenters. The number of amides is 1. The van der Waals surface area contributed by atoms with E-state index in [1.54, 1.807) is 19.2 Å². The molecule has 0 aliphatic heterocycles. The van der Waals surface area contributed by atoms with Gasteiger partial charge in [-0.3, -0.25) is 9.59 Å². The Labute approximate surface area is 276 Å². The molecule has 1 aromatic heterocycles. The Kier molecular flexibility index (Phi) is 9.66. The van der Waals surface area contributed by atoms with Crippen molar-refractivity contribution in [3.05, 3.63) is 71.5 Å². The lowest BCUT2D eigenvalue weighted by Gasteiger charge is -2.25. The van der Waals surface area contributed by atoms with Crippen LogP contribution >= 0.6 is 0 Å². The summed E-state index contributed by atoms with van der Waals surface area (Å²) in [4.78, 5) is 35.0. The Morgan fingerprint density at radius 3 is 2.40 bits per heavy atom. The highest BCUT2D eigenvalue weighted by molar-refractivity contribution is 7.92. The number of carbonyl (C=O) groups excluding carboxylic acids is 2. The zero-order valence-electron chi connectivity index (χ0n) is 27.2. The second-order valence-corrected chi connectivity index (χ2v) is 15.9. The summed E-state index contributed by atoms with van der Waals surface area (Å²) in [5.41, 5.74) is 2.01. The molecular weight excluding hydrogens is 618 g/mol. The predicted octanol–water partition coefficient (Wildman–Crippen LogP) is 6.15. The zero-order chi connectivity index (χ0) is 33.2. The molecule has 11 heteroatoms. The summed E-state index contributed by atoms with van der Waals surface area (Å²) in [5, 5.41) is 2.61. The molecule has 0 bridgehead atoms. The molecule has 0 spiro atoms. The molecule has 3 aromatic rings. The molecule has 3 saturated carbocycles. The van der Waals surface area contributed by atoms with Gasteiger partial charge in [0.25, 0.3) is 0 Å². The van der Waals surface area contributed by atoms with Gasteiger partial charge in [0, 0.05) is 12.8 Å². The largest absolute Gasteiger partial charge is 0.497 e. The molecule has 3 aliphatic carbocycles. The van der Waals surface area contributed by atoms with E-state index in [-0.39, 0.29) is 41.2 Å². The fourth-order valence-corrected chi connectivity index (χ4v) is 8.02. The van der Waals surface area contributed by atoms with E-state index in [1.807, 2.05) is 44.2 Å².